The molecule has 0 saturated heterocycles. The Labute approximate surface area is 118 Å². The van der Waals surface area contributed by atoms with Crippen molar-refractivity contribution >= 4 is 5.78 Å². The highest BCUT2D eigenvalue weighted by molar-refractivity contribution is 5.84. The molecule has 1 atom stereocenters. The molecule has 1 unspecified atom stereocenters. The van der Waals surface area contributed by atoms with Crippen molar-refractivity contribution in [2.24, 2.45) is 5.92 Å². The van der Waals surface area contributed by atoms with Gasteiger partial charge in [0.05, 0.1) is 0 Å². The molecular formula is C18H28O. The van der Waals surface area contributed by atoms with Gasteiger partial charge in [-0.3, -0.25) is 4.79 Å². The van der Waals surface area contributed by atoms with E-state index in [-0.39, 0.29) is 0 Å². The molecule has 19 heavy (non-hydrogen) atoms. The largest absolute Gasteiger partial charge is 0.299 e. The molecule has 0 bridgehead atoms. The van der Waals surface area contributed by atoms with Crippen molar-refractivity contribution in [3.8, 4) is 0 Å². The van der Waals surface area contributed by atoms with Crippen LogP contribution in [0.5, 0.6) is 0 Å². The lowest BCUT2D eigenvalue weighted by Gasteiger charge is -2.30. The van der Waals surface area contributed by atoms with Gasteiger partial charge in [0.1, 0.15) is 5.78 Å². The first kappa shape index (κ1) is 14.6. The monoisotopic (exact) mass is 260 g/mol. The minimum absolute atomic E-state index is 0.452. The molecule has 1 heteroatoms. The number of unbranched alkanes of at least 4 members (excludes halogenated alkanes) is 1. The summed E-state index contributed by atoms with van der Waals surface area (Å²) < 4.78 is 0. The number of carbonyl (C=O) groups excluding carboxylic acids is 1. The van der Waals surface area contributed by atoms with E-state index in [0.29, 0.717) is 11.7 Å². The van der Waals surface area contributed by atoms with Crippen LogP contribution in [-0.2, 0) is 4.79 Å². The van der Waals surface area contributed by atoms with Gasteiger partial charge in [0.2, 0.25) is 0 Å². The van der Waals surface area contributed by atoms with Gasteiger partial charge in [-0.2, -0.15) is 0 Å². The van der Waals surface area contributed by atoms with Crippen molar-refractivity contribution in [2.45, 2.75) is 78.6 Å². The van der Waals surface area contributed by atoms with Crippen LogP contribution in [0, 0.1) is 5.92 Å². The first-order valence-electron chi connectivity index (χ1n) is 8.06. The van der Waals surface area contributed by atoms with Gasteiger partial charge in [-0.25, -0.2) is 0 Å². The van der Waals surface area contributed by atoms with Crippen molar-refractivity contribution in [1.29, 1.82) is 0 Å². The summed E-state index contributed by atoms with van der Waals surface area (Å²) >= 11 is 0. The summed E-state index contributed by atoms with van der Waals surface area (Å²) in [4.78, 5) is 11.9. The Morgan fingerprint density at radius 3 is 2.68 bits per heavy atom. The fourth-order valence-corrected chi connectivity index (χ4v) is 3.73. The zero-order valence-electron chi connectivity index (χ0n) is 12.8. The summed E-state index contributed by atoms with van der Waals surface area (Å²) in [5.74, 6) is 1.11. The van der Waals surface area contributed by atoms with Crippen LogP contribution in [0.1, 0.15) is 78.6 Å². The fraction of sp³-hybridized carbons (Fsp3) is 0.722. The molecule has 0 N–H and O–H groups in total. The molecule has 0 aromatic heterocycles. The van der Waals surface area contributed by atoms with Gasteiger partial charge in [-0.15, -0.1) is 0 Å². The van der Waals surface area contributed by atoms with Gasteiger partial charge in [0, 0.05) is 12.8 Å². The smallest absolute Gasteiger partial charge is 0.137 e. The molecule has 0 amide bonds. The van der Waals surface area contributed by atoms with Crippen molar-refractivity contribution in [2.75, 3.05) is 0 Å². The quantitative estimate of drug-likeness (QED) is 0.664. The summed E-state index contributed by atoms with van der Waals surface area (Å²) in [7, 11) is 0. The Bertz CT molecular complexity index is 411. The zero-order valence-corrected chi connectivity index (χ0v) is 12.8. The van der Waals surface area contributed by atoms with Crippen molar-refractivity contribution < 1.29 is 4.79 Å². The molecular weight excluding hydrogens is 232 g/mol. The maximum absolute atomic E-state index is 11.9. The second-order valence-electron chi connectivity index (χ2n) is 6.39. The Morgan fingerprint density at radius 1 is 1.21 bits per heavy atom. The Hall–Kier alpha value is -0.850. The molecule has 0 saturated carbocycles. The number of hydrogen-bond donors (Lipinski definition) is 0. The number of Topliss-reactive ketones (excluding diaryl/α,β-unsaturated/α-hetero) is 1. The van der Waals surface area contributed by atoms with Gasteiger partial charge >= 0.3 is 0 Å². The lowest BCUT2D eigenvalue weighted by molar-refractivity contribution is -0.118. The van der Waals surface area contributed by atoms with Crippen LogP contribution in [0.3, 0.4) is 0 Å². The van der Waals surface area contributed by atoms with E-state index in [1.807, 2.05) is 0 Å². The molecule has 0 aromatic rings. The van der Waals surface area contributed by atoms with E-state index in [1.54, 1.807) is 16.7 Å². The third kappa shape index (κ3) is 3.38. The zero-order chi connectivity index (χ0) is 13.8. The standard InChI is InChI=1S/C18H28O/c1-4-5-9-15-10-11-16(19)12-17(15)18-13(2)7-6-8-14(18)3/h13H,4-12H2,1-3H3. The average Bonchev–Trinajstić information content (AvgIpc) is 2.37. The van der Waals surface area contributed by atoms with Crippen LogP contribution in [0.25, 0.3) is 0 Å². The Kier molecular flexibility index (Phi) is 5.01. The fourth-order valence-electron chi connectivity index (χ4n) is 3.73. The predicted octanol–water partition coefficient (Wildman–Crippen LogP) is 5.36. The Balaban J connectivity index is 2.34. The SMILES string of the molecule is CCCCC1=C(C2=C(C)CCCC2C)CC(=O)CC1. The molecule has 0 heterocycles. The van der Waals surface area contributed by atoms with Gasteiger partial charge in [0.15, 0.2) is 0 Å². The van der Waals surface area contributed by atoms with Crippen molar-refractivity contribution in [3.63, 3.8) is 0 Å². The lowest BCUT2D eigenvalue weighted by Crippen LogP contribution is -2.18. The minimum Gasteiger partial charge on any atom is -0.299 e. The maximum atomic E-state index is 11.9. The minimum atomic E-state index is 0.452. The average molecular weight is 260 g/mol. The van der Waals surface area contributed by atoms with Gasteiger partial charge in [-0.1, -0.05) is 31.4 Å². The number of ketones is 1. The molecule has 0 radical (unpaired) electrons. The highest BCUT2D eigenvalue weighted by atomic mass is 16.1. The van der Waals surface area contributed by atoms with Crippen LogP contribution in [0.15, 0.2) is 22.3 Å². The van der Waals surface area contributed by atoms with E-state index < -0.39 is 0 Å². The number of rotatable bonds is 4. The van der Waals surface area contributed by atoms with Gasteiger partial charge < -0.3 is 0 Å². The molecule has 2 aliphatic rings. The normalized spacial score (nSPS) is 25.2. The molecule has 106 valence electrons. The topological polar surface area (TPSA) is 17.1 Å². The summed E-state index contributed by atoms with van der Waals surface area (Å²) in [6.07, 6.45) is 10.1. The summed E-state index contributed by atoms with van der Waals surface area (Å²) in [6.45, 7) is 6.89. The summed E-state index contributed by atoms with van der Waals surface area (Å²) in [5.41, 5.74) is 6.17. The molecule has 2 aliphatic carbocycles. The van der Waals surface area contributed by atoms with Gasteiger partial charge in [0.25, 0.3) is 0 Å². The number of hydrogen-bond acceptors (Lipinski definition) is 1. The maximum Gasteiger partial charge on any atom is 0.137 e. The van der Waals surface area contributed by atoms with E-state index in [2.05, 4.69) is 20.8 Å². The van der Waals surface area contributed by atoms with Crippen LogP contribution in [-0.4, -0.2) is 5.78 Å². The molecule has 0 aliphatic heterocycles. The first-order valence-corrected chi connectivity index (χ1v) is 8.06. The molecule has 1 nitrogen and oxygen atoms in total. The van der Waals surface area contributed by atoms with Crippen LogP contribution in [0.4, 0.5) is 0 Å². The van der Waals surface area contributed by atoms with E-state index in [1.165, 1.54) is 44.1 Å². The third-order valence-corrected chi connectivity index (χ3v) is 4.81. The van der Waals surface area contributed by atoms with Crippen LogP contribution < -0.4 is 0 Å². The van der Waals surface area contributed by atoms with Crippen molar-refractivity contribution in [1.82, 2.24) is 0 Å². The van der Waals surface area contributed by atoms with Crippen LogP contribution >= 0.6 is 0 Å². The van der Waals surface area contributed by atoms with Crippen LogP contribution in [0.2, 0.25) is 0 Å². The first-order chi connectivity index (χ1) is 9.13. The van der Waals surface area contributed by atoms with Crippen molar-refractivity contribution in [3.05, 3.63) is 22.3 Å². The molecule has 0 spiro atoms. The second-order valence-corrected chi connectivity index (χ2v) is 6.39. The molecule has 0 fully saturated rings. The van der Waals surface area contributed by atoms with Gasteiger partial charge in [-0.05, 0) is 62.5 Å². The molecule has 2 rings (SSSR count). The molecule has 0 aromatic carbocycles. The highest BCUT2D eigenvalue weighted by Gasteiger charge is 2.26. The predicted molar refractivity (Wildman–Crippen MR) is 81.1 cm³/mol. The van der Waals surface area contributed by atoms with E-state index in [4.69, 9.17) is 0 Å². The summed E-state index contributed by atoms with van der Waals surface area (Å²) in [6, 6.07) is 0. The highest BCUT2D eigenvalue weighted by Crippen LogP contribution is 2.40. The van der Waals surface area contributed by atoms with E-state index >= 15 is 0 Å². The summed E-state index contributed by atoms with van der Waals surface area (Å²) in [5, 5.41) is 0. The van der Waals surface area contributed by atoms with E-state index in [9.17, 15) is 4.79 Å². The lowest BCUT2D eigenvalue weighted by atomic mass is 9.74. The number of carbonyl (C=O) groups is 1. The Morgan fingerprint density at radius 2 is 2.00 bits per heavy atom. The number of allylic oxidation sites excluding steroid dienone is 4. The third-order valence-electron chi connectivity index (χ3n) is 4.81. The van der Waals surface area contributed by atoms with E-state index in [0.717, 1.165) is 19.3 Å². The second kappa shape index (κ2) is 6.54.